The molecule has 0 saturated carbocycles. The van der Waals surface area contributed by atoms with Gasteiger partial charge in [-0.1, -0.05) is 0 Å². The van der Waals surface area contributed by atoms with E-state index < -0.39 is 0 Å². The molecule has 116 valence electrons. The zero-order valence-electron chi connectivity index (χ0n) is 12.5. The summed E-state index contributed by atoms with van der Waals surface area (Å²) in [6, 6.07) is -0.0865. The highest BCUT2D eigenvalue weighted by Crippen LogP contribution is 2.23. The molecule has 1 aromatic heterocycles. The van der Waals surface area contributed by atoms with E-state index in [1.807, 2.05) is 18.8 Å². The highest BCUT2D eigenvalue weighted by Gasteiger charge is 2.16. The quantitative estimate of drug-likeness (QED) is 0.645. The lowest BCUT2D eigenvalue weighted by Gasteiger charge is -2.17. The molecule has 0 aliphatic heterocycles. The molecule has 7 heteroatoms. The second-order valence-corrected chi connectivity index (χ2v) is 5.76. The van der Waals surface area contributed by atoms with E-state index in [2.05, 4.69) is 25.9 Å². The molecule has 0 spiro atoms. The van der Waals surface area contributed by atoms with Crippen LogP contribution in [0.15, 0.2) is 10.7 Å². The Balaban J connectivity index is 2.49. The third kappa shape index (κ3) is 5.88. The molecule has 1 atom stereocenters. The Bertz CT molecular complexity index is 384. The van der Waals surface area contributed by atoms with Crippen LogP contribution in [-0.4, -0.2) is 62.3 Å². The summed E-state index contributed by atoms with van der Waals surface area (Å²) < 4.78 is 13.3. The summed E-state index contributed by atoms with van der Waals surface area (Å²) in [6.45, 7) is 3.59. The van der Waals surface area contributed by atoms with Crippen molar-refractivity contribution in [2.75, 3.05) is 47.6 Å². The zero-order chi connectivity index (χ0) is 15.0. The van der Waals surface area contributed by atoms with Gasteiger partial charge in [-0.2, -0.15) is 5.10 Å². The van der Waals surface area contributed by atoms with Crippen LogP contribution >= 0.6 is 15.9 Å². The first kappa shape index (κ1) is 17.6. The third-order valence-corrected chi connectivity index (χ3v) is 3.56. The molecule has 1 aromatic rings. The van der Waals surface area contributed by atoms with Gasteiger partial charge < -0.3 is 20.1 Å². The Kier molecular flexibility index (Phi) is 8.32. The Morgan fingerprint density at radius 1 is 1.40 bits per heavy atom. The molecule has 0 saturated heterocycles. The van der Waals surface area contributed by atoms with Crippen molar-refractivity contribution in [1.29, 1.82) is 0 Å². The van der Waals surface area contributed by atoms with Gasteiger partial charge in [0.25, 0.3) is 0 Å². The number of rotatable bonds is 10. The van der Waals surface area contributed by atoms with Crippen LogP contribution in [0, 0.1) is 0 Å². The van der Waals surface area contributed by atoms with Crippen molar-refractivity contribution in [2.24, 2.45) is 5.73 Å². The Morgan fingerprint density at radius 2 is 2.15 bits per heavy atom. The predicted molar refractivity (Wildman–Crippen MR) is 82.7 cm³/mol. The average Bonchev–Trinajstić information content (AvgIpc) is 2.77. The van der Waals surface area contributed by atoms with Gasteiger partial charge in [-0.05, 0) is 36.4 Å². The van der Waals surface area contributed by atoms with Crippen LogP contribution in [0.1, 0.15) is 18.2 Å². The third-order valence-electron chi connectivity index (χ3n) is 2.95. The monoisotopic (exact) mass is 348 g/mol. The Hall–Kier alpha value is -0.470. The number of ether oxygens (including phenoxy) is 2. The second-order valence-electron chi connectivity index (χ2n) is 4.90. The molecule has 0 fully saturated rings. The van der Waals surface area contributed by atoms with Crippen LogP contribution in [0.25, 0.3) is 0 Å². The van der Waals surface area contributed by atoms with Gasteiger partial charge in [0, 0.05) is 20.3 Å². The van der Waals surface area contributed by atoms with Crippen LogP contribution < -0.4 is 5.73 Å². The summed E-state index contributed by atoms with van der Waals surface area (Å²) in [7, 11) is 5.75. The fourth-order valence-electron chi connectivity index (χ4n) is 1.80. The molecule has 6 nitrogen and oxygen atoms in total. The molecular weight excluding hydrogens is 324 g/mol. The molecule has 1 heterocycles. The normalized spacial score (nSPS) is 13.1. The number of hydrogen-bond acceptors (Lipinski definition) is 5. The summed E-state index contributed by atoms with van der Waals surface area (Å²) in [5.41, 5.74) is 7.28. The molecular formula is C13H25BrN4O2. The molecule has 1 rings (SSSR count). The van der Waals surface area contributed by atoms with Crippen LogP contribution in [0.4, 0.5) is 0 Å². The smallest absolute Gasteiger partial charge is 0.0700 e. The number of halogens is 1. The van der Waals surface area contributed by atoms with E-state index in [1.54, 1.807) is 13.3 Å². The van der Waals surface area contributed by atoms with Gasteiger partial charge in [0.1, 0.15) is 0 Å². The van der Waals surface area contributed by atoms with Gasteiger partial charge >= 0.3 is 0 Å². The molecule has 0 bridgehead atoms. The maximum Gasteiger partial charge on any atom is 0.0700 e. The number of hydrogen-bond donors (Lipinski definition) is 1. The molecule has 20 heavy (non-hydrogen) atoms. The molecule has 0 aromatic carbocycles. The second kappa shape index (κ2) is 9.46. The number of likely N-dealkylation sites (N-methyl/N-ethyl adjacent to an activating group) is 1. The van der Waals surface area contributed by atoms with Crippen LogP contribution in [0.2, 0.25) is 0 Å². The summed E-state index contributed by atoms with van der Waals surface area (Å²) in [6.07, 6.45) is 2.56. The molecule has 0 amide bonds. The van der Waals surface area contributed by atoms with Crippen LogP contribution in [0.3, 0.4) is 0 Å². The largest absolute Gasteiger partial charge is 0.382 e. The number of methoxy groups -OCH3 is 1. The van der Waals surface area contributed by atoms with Crippen molar-refractivity contribution in [2.45, 2.75) is 19.0 Å². The van der Waals surface area contributed by atoms with E-state index in [-0.39, 0.29) is 6.04 Å². The minimum atomic E-state index is -0.0865. The lowest BCUT2D eigenvalue weighted by molar-refractivity contribution is 0.0669. The fourth-order valence-corrected chi connectivity index (χ4v) is 2.40. The van der Waals surface area contributed by atoms with E-state index in [4.69, 9.17) is 15.2 Å². The minimum Gasteiger partial charge on any atom is -0.382 e. The molecule has 0 radical (unpaired) electrons. The topological polar surface area (TPSA) is 65.5 Å². The first-order chi connectivity index (χ1) is 9.56. The van der Waals surface area contributed by atoms with Crippen molar-refractivity contribution < 1.29 is 9.47 Å². The zero-order valence-corrected chi connectivity index (χ0v) is 14.1. The fraction of sp³-hybridized carbons (Fsp3) is 0.769. The van der Waals surface area contributed by atoms with Gasteiger partial charge in [-0.15, -0.1) is 0 Å². The van der Waals surface area contributed by atoms with Gasteiger partial charge in [0.05, 0.1) is 42.2 Å². The van der Waals surface area contributed by atoms with Crippen molar-refractivity contribution in [3.8, 4) is 0 Å². The standard InChI is InChI=1S/C13H25BrN4O2/c1-17(2)5-6-18-13(11(14)10-16-18)12(15)4-7-20-9-8-19-3/h10,12H,4-9,15H2,1-3H3. The molecule has 1 unspecified atom stereocenters. The van der Waals surface area contributed by atoms with Crippen molar-refractivity contribution >= 4 is 15.9 Å². The number of nitrogens with zero attached hydrogens (tertiary/aromatic N) is 3. The highest BCUT2D eigenvalue weighted by atomic mass is 79.9. The highest BCUT2D eigenvalue weighted by molar-refractivity contribution is 9.10. The van der Waals surface area contributed by atoms with Gasteiger partial charge in [-0.25, -0.2) is 0 Å². The Morgan fingerprint density at radius 3 is 2.80 bits per heavy atom. The van der Waals surface area contributed by atoms with E-state index in [0.29, 0.717) is 19.8 Å². The van der Waals surface area contributed by atoms with Crippen molar-refractivity contribution in [3.05, 3.63) is 16.4 Å². The molecule has 0 aliphatic carbocycles. The van der Waals surface area contributed by atoms with E-state index >= 15 is 0 Å². The van der Waals surface area contributed by atoms with E-state index in [1.165, 1.54) is 0 Å². The summed E-state index contributed by atoms with van der Waals surface area (Å²) >= 11 is 3.52. The summed E-state index contributed by atoms with van der Waals surface area (Å²) in [5.74, 6) is 0. The minimum absolute atomic E-state index is 0.0865. The molecule has 2 N–H and O–H groups in total. The van der Waals surface area contributed by atoms with Crippen LogP contribution in [0.5, 0.6) is 0 Å². The Labute approximate surface area is 129 Å². The van der Waals surface area contributed by atoms with Gasteiger partial charge in [-0.3, -0.25) is 4.68 Å². The summed E-state index contributed by atoms with van der Waals surface area (Å²) in [5, 5.41) is 4.37. The van der Waals surface area contributed by atoms with Crippen molar-refractivity contribution in [3.63, 3.8) is 0 Å². The average molecular weight is 349 g/mol. The lowest BCUT2D eigenvalue weighted by atomic mass is 10.1. The first-order valence-electron chi connectivity index (χ1n) is 6.74. The number of nitrogens with two attached hydrogens (primary N) is 1. The van der Waals surface area contributed by atoms with Gasteiger partial charge in [0.15, 0.2) is 0 Å². The molecule has 0 aliphatic rings. The maximum absolute atomic E-state index is 6.25. The summed E-state index contributed by atoms with van der Waals surface area (Å²) in [4.78, 5) is 2.12. The maximum atomic E-state index is 6.25. The first-order valence-corrected chi connectivity index (χ1v) is 7.53. The van der Waals surface area contributed by atoms with E-state index in [9.17, 15) is 0 Å². The van der Waals surface area contributed by atoms with Crippen molar-refractivity contribution in [1.82, 2.24) is 14.7 Å². The number of aromatic nitrogens is 2. The van der Waals surface area contributed by atoms with Crippen LogP contribution in [-0.2, 0) is 16.0 Å². The van der Waals surface area contributed by atoms with E-state index in [0.717, 1.165) is 29.7 Å². The predicted octanol–water partition coefficient (Wildman–Crippen LogP) is 1.26. The van der Waals surface area contributed by atoms with Gasteiger partial charge in [0.2, 0.25) is 0 Å². The lowest BCUT2D eigenvalue weighted by Crippen LogP contribution is -2.24. The SMILES string of the molecule is COCCOCCC(N)c1c(Br)cnn1CCN(C)C.